The fourth-order valence-corrected chi connectivity index (χ4v) is 18.0. The van der Waals surface area contributed by atoms with Crippen molar-refractivity contribution in [2.75, 3.05) is 0 Å². The first-order chi connectivity index (χ1) is 69.9. The van der Waals surface area contributed by atoms with Crippen LogP contribution in [0.25, 0.3) is 235 Å². The van der Waals surface area contributed by atoms with Crippen LogP contribution in [0.5, 0.6) is 0 Å². The molecule has 6 heterocycles. The van der Waals surface area contributed by atoms with Crippen molar-refractivity contribution < 1.29 is 0 Å². The number of rotatable bonds is 18. The third-order valence-corrected chi connectivity index (χ3v) is 25.4. The van der Waals surface area contributed by atoms with Crippen LogP contribution in [0.2, 0.25) is 0 Å². The first-order valence-corrected chi connectivity index (χ1v) is 47.4. The minimum absolute atomic E-state index is 0.617. The van der Waals surface area contributed by atoms with Crippen LogP contribution in [0, 0.1) is 27.7 Å². The molecule has 0 saturated carbocycles. The molecule has 24 rings (SSSR count). The van der Waals surface area contributed by atoms with Crippen LogP contribution < -0.4 is 0 Å². The van der Waals surface area contributed by atoms with E-state index in [9.17, 15) is 0 Å². The molecule has 0 unspecified atom stereocenters. The van der Waals surface area contributed by atoms with E-state index in [1.54, 1.807) is 0 Å². The van der Waals surface area contributed by atoms with Gasteiger partial charge in [0.2, 0.25) is 0 Å². The van der Waals surface area contributed by atoms with Gasteiger partial charge in [-0.2, -0.15) is 0 Å². The number of hydrogen-bond acceptors (Lipinski definition) is 13. The fourth-order valence-electron chi connectivity index (χ4n) is 18.0. The van der Waals surface area contributed by atoms with Crippen molar-refractivity contribution in [3.63, 3.8) is 0 Å². The SMILES string of the molecule is Cc1cc(C)nc(-c2ccc(-c3cc(-c4ccc5ccccc5c4)cc(-c4nc(-c5ccccc5)nc(-c5ccccc5)n4)c3)cc2)n1.Cc1ccc(-c2ccc(-c3cc(-c4ccc5ccccc5c4)cc(-c4nc(-c5ccccc5)nc(-c5ccccc5)n4)c3)cc2)cn1.Cc1ncccc1-c1ccc(-c2cc(-c3ccc4ccccc4c3)cc(-c3nc(-c4ccccc4)nc(-c4ccccc4)n3)c2)cc1. The summed E-state index contributed by atoms with van der Waals surface area (Å²) in [5.41, 5.74) is 31.0. The Morgan fingerprint density at radius 2 is 0.352 bits per heavy atom. The van der Waals surface area contributed by atoms with E-state index in [-0.39, 0.29) is 0 Å². The molecule has 0 N–H and O–H groups in total. The second-order valence-electron chi connectivity index (χ2n) is 35.2. The van der Waals surface area contributed by atoms with Crippen LogP contribution in [0.15, 0.2) is 480 Å². The molecule has 0 radical (unpaired) electrons. The number of fused-ring (bicyclic) bond motifs is 3. The molecule has 6 aromatic heterocycles. The molecule has 0 aliphatic heterocycles. The zero-order chi connectivity index (χ0) is 95.6. The van der Waals surface area contributed by atoms with Crippen molar-refractivity contribution in [1.82, 2.24) is 64.8 Å². The number of hydrogen-bond donors (Lipinski definition) is 0. The van der Waals surface area contributed by atoms with Gasteiger partial charge in [-0.25, -0.2) is 54.8 Å². The molecule has 0 spiro atoms. The largest absolute Gasteiger partial charge is 0.261 e. The Labute approximate surface area is 824 Å². The number of nitrogens with zero attached hydrogens (tertiary/aromatic N) is 13. The number of aromatic nitrogens is 13. The highest BCUT2D eigenvalue weighted by atomic mass is 15.1. The van der Waals surface area contributed by atoms with Crippen molar-refractivity contribution in [2.24, 2.45) is 0 Å². The molecule has 0 amide bonds. The molecule has 13 nitrogen and oxygen atoms in total. The van der Waals surface area contributed by atoms with E-state index in [4.69, 9.17) is 44.9 Å². The summed E-state index contributed by atoms with van der Waals surface area (Å²) >= 11 is 0. The van der Waals surface area contributed by atoms with Crippen LogP contribution in [0.1, 0.15) is 22.8 Å². The van der Waals surface area contributed by atoms with Crippen LogP contribution in [0.3, 0.4) is 0 Å². The predicted molar refractivity (Wildman–Crippen MR) is 580 cm³/mol. The minimum atomic E-state index is 0.617. The summed E-state index contributed by atoms with van der Waals surface area (Å²) in [6.07, 6.45) is 3.76. The lowest BCUT2D eigenvalue weighted by atomic mass is 9.93. The van der Waals surface area contributed by atoms with Gasteiger partial charge >= 0.3 is 0 Å². The summed E-state index contributed by atoms with van der Waals surface area (Å²) in [5, 5.41) is 7.23. The normalized spacial score (nSPS) is 11.1. The Morgan fingerprint density at radius 3 is 0.641 bits per heavy atom. The highest BCUT2D eigenvalue weighted by molar-refractivity contribution is 5.94. The second kappa shape index (κ2) is 40.2. The Morgan fingerprint density at radius 1 is 0.127 bits per heavy atom. The second-order valence-corrected chi connectivity index (χ2v) is 35.2. The molecule has 13 heteroatoms. The van der Waals surface area contributed by atoms with Gasteiger partial charge in [0.05, 0.1) is 0 Å². The molecule has 0 atom stereocenters. The molecule has 0 bridgehead atoms. The average molecular weight is 1820 g/mol. The van der Waals surface area contributed by atoms with Crippen molar-refractivity contribution >= 4 is 32.3 Å². The van der Waals surface area contributed by atoms with Crippen LogP contribution in [-0.2, 0) is 0 Å². The highest BCUT2D eigenvalue weighted by Crippen LogP contribution is 2.42. The molecular weight excluding hydrogens is 1730 g/mol. The van der Waals surface area contributed by atoms with E-state index in [1.807, 2.05) is 240 Å². The van der Waals surface area contributed by atoms with E-state index in [0.717, 1.165) is 173 Å². The number of pyridine rings is 2. The Kier molecular flexibility index (Phi) is 25.0. The van der Waals surface area contributed by atoms with Gasteiger partial charge in [0.25, 0.3) is 0 Å². The fraction of sp³-hybridized carbons (Fsp3) is 0.0310. The summed E-state index contributed by atoms with van der Waals surface area (Å²) in [6.45, 7) is 8.05. The Hall–Kier alpha value is -18.9. The monoisotopic (exact) mass is 1820 g/mol. The predicted octanol–water partition coefficient (Wildman–Crippen LogP) is 31.9. The Balaban J connectivity index is 0.000000122. The lowest BCUT2D eigenvalue weighted by Gasteiger charge is -2.13. The highest BCUT2D eigenvalue weighted by Gasteiger charge is 2.22. The van der Waals surface area contributed by atoms with Gasteiger partial charge in [-0.05, 0) is 229 Å². The molecule has 142 heavy (non-hydrogen) atoms. The van der Waals surface area contributed by atoms with E-state index >= 15 is 0 Å². The Bertz CT molecular complexity index is 8510. The zero-order valence-electron chi connectivity index (χ0n) is 78.4. The summed E-state index contributed by atoms with van der Waals surface area (Å²) in [6, 6.07) is 162. The molecule has 0 aliphatic carbocycles. The van der Waals surface area contributed by atoms with Crippen molar-refractivity contribution in [3.8, 4) is 203 Å². The molecule has 24 aromatic rings. The maximum absolute atomic E-state index is 5.05. The van der Waals surface area contributed by atoms with E-state index in [1.165, 1.54) is 32.3 Å². The number of aryl methyl sites for hydroxylation is 4. The van der Waals surface area contributed by atoms with E-state index in [2.05, 4.69) is 287 Å². The van der Waals surface area contributed by atoms with Gasteiger partial charge < -0.3 is 0 Å². The molecule has 0 saturated heterocycles. The maximum Gasteiger partial charge on any atom is 0.164 e. The summed E-state index contributed by atoms with van der Waals surface area (Å²) < 4.78 is 0. The standard InChI is InChI=1S/C43H31N5.2C43H30N4/c1-28-23-29(2)45-40(44-28)34-20-17-31(18-21-34)37-25-38(36-22-19-30-11-9-10-16-35(30)24-36)27-39(26-37)43-47-41(32-12-5-3-6-13-32)46-42(48-43)33-14-7-4-8-15-33;1-29-40(17-10-24-44-29)32-21-18-31(19-22-32)37-26-38(36-23-20-30-11-8-9-16-35(30)25-36)28-39(27-37)43-46-41(33-12-4-2-5-13-33)45-42(47-43)34-14-6-3-7-15-34;1-29-16-17-37(28-44-29)31-18-20-32(21-19-31)38-25-39(36-23-22-30-10-8-9-15-35(30)24-36)27-40(26-38)43-46-41(33-11-4-2-5-12-33)45-42(47-43)34-13-6-3-7-14-34/h3-27H,1-2H3;2*2-28H,1H3. The van der Waals surface area contributed by atoms with Crippen LogP contribution >= 0.6 is 0 Å². The van der Waals surface area contributed by atoms with Crippen molar-refractivity contribution in [3.05, 3.63) is 502 Å². The first kappa shape index (κ1) is 88.4. The lowest BCUT2D eigenvalue weighted by Crippen LogP contribution is -2.00. The zero-order valence-corrected chi connectivity index (χ0v) is 78.4. The number of benzene rings is 18. The summed E-state index contributed by atoms with van der Waals surface area (Å²) in [7, 11) is 0. The van der Waals surface area contributed by atoms with Gasteiger partial charge in [0.15, 0.2) is 58.2 Å². The molecular formula is C129H91N13. The van der Waals surface area contributed by atoms with Gasteiger partial charge in [-0.15, -0.1) is 0 Å². The van der Waals surface area contributed by atoms with Crippen molar-refractivity contribution in [1.29, 1.82) is 0 Å². The van der Waals surface area contributed by atoms with Crippen molar-refractivity contribution in [2.45, 2.75) is 27.7 Å². The quantitative estimate of drug-likeness (QED) is 0.0797. The molecule has 0 aliphatic rings. The van der Waals surface area contributed by atoms with Gasteiger partial charge in [-0.1, -0.05) is 376 Å². The third-order valence-electron chi connectivity index (χ3n) is 25.4. The van der Waals surface area contributed by atoms with Crippen LogP contribution in [0.4, 0.5) is 0 Å². The molecule has 0 fully saturated rings. The molecule has 18 aromatic carbocycles. The summed E-state index contributed by atoms with van der Waals surface area (Å²) in [5.74, 6) is 6.44. The first-order valence-electron chi connectivity index (χ1n) is 47.4. The topological polar surface area (TPSA) is 168 Å². The van der Waals surface area contributed by atoms with Gasteiger partial charge in [0.1, 0.15) is 0 Å². The minimum Gasteiger partial charge on any atom is -0.261 e. The van der Waals surface area contributed by atoms with Gasteiger partial charge in [-0.3, -0.25) is 9.97 Å². The van der Waals surface area contributed by atoms with E-state index in [0.29, 0.717) is 52.4 Å². The lowest BCUT2D eigenvalue weighted by molar-refractivity contribution is 1.06. The smallest absolute Gasteiger partial charge is 0.164 e. The summed E-state index contributed by atoms with van der Waals surface area (Å²) in [4.78, 5) is 63.4. The van der Waals surface area contributed by atoms with Gasteiger partial charge in [0, 0.05) is 102 Å². The van der Waals surface area contributed by atoms with E-state index < -0.39 is 0 Å². The molecule has 672 valence electrons. The average Bonchev–Trinajstić information content (AvgIpc) is 0.776. The third kappa shape index (κ3) is 19.9. The maximum atomic E-state index is 5.05. The van der Waals surface area contributed by atoms with Crippen LogP contribution in [-0.4, -0.2) is 64.8 Å².